The summed E-state index contributed by atoms with van der Waals surface area (Å²) in [5.41, 5.74) is 0. The van der Waals surface area contributed by atoms with E-state index in [0.29, 0.717) is 6.42 Å². The molecule has 1 atom stereocenters. The number of carbonyl (C=O) groups is 1. The number of nitrogens with zero attached hydrogens (tertiary/aromatic N) is 1. The molecule has 1 unspecified atom stereocenters. The average molecular weight is 239 g/mol. The minimum absolute atomic E-state index is 0.0178. The van der Waals surface area contributed by atoms with Gasteiger partial charge in [-0.3, -0.25) is 9.18 Å². The zero-order chi connectivity index (χ0) is 11.5. The highest BCUT2D eigenvalue weighted by Gasteiger charge is 2.34. The SMILES string of the molecule is O=C(O)C1CCN(S(=O)(=O)CCCF)C1. The highest BCUT2D eigenvalue weighted by atomic mass is 32.2. The molecular weight excluding hydrogens is 225 g/mol. The molecular formula is C8H14FNO4S. The van der Waals surface area contributed by atoms with Gasteiger partial charge in [-0.15, -0.1) is 0 Å². The van der Waals surface area contributed by atoms with Crippen LogP contribution in [0, 0.1) is 5.92 Å². The molecule has 1 saturated heterocycles. The maximum Gasteiger partial charge on any atom is 0.307 e. The van der Waals surface area contributed by atoms with E-state index >= 15 is 0 Å². The third-order valence-corrected chi connectivity index (χ3v) is 4.35. The highest BCUT2D eigenvalue weighted by Crippen LogP contribution is 2.20. The Kier molecular flexibility index (Phi) is 4.04. The van der Waals surface area contributed by atoms with E-state index < -0.39 is 28.6 Å². The molecule has 0 saturated carbocycles. The second-order valence-electron chi connectivity index (χ2n) is 3.54. The first-order valence-electron chi connectivity index (χ1n) is 4.74. The van der Waals surface area contributed by atoms with Crippen LogP contribution in [-0.2, 0) is 14.8 Å². The van der Waals surface area contributed by atoms with Crippen LogP contribution in [0.25, 0.3) is 0 Å². The number of rotatable bonds is 5. The summed E-state index contributed by atoms with van der Waals surface area (Å²) in [5.74, 6) is -1.83. The van der Waals surface area contributed by atoms with Gasteiger partial charge in [-0.2, -0.15) is 0 Å². The molecule has 1 heterocycles. The second-order valence-corrected chi connectivity index (χ2v) is 5.63. The molecule has 1 fully saturated rings. The van der Waals surface area contributed by atoms with Crippen LogP contribution in [-0.4, -0.2) is 49.3 Å². The van der Waals surface area contributed by atoms with Crippen molar-refractivity contribution in [2.75, 3.05) is 25.5 Å². The minimum Gasteiger partial charge on any atom is -0.481 e. The lowest BCUT2D eigenvalue weighted by molar-refractivity contribution is -0.141. The molecule has 1 aliphatic heterocycles. The fourth-order valence-corrected chi connectivity index (χ4v) is 3.07. The Balaban J connectivity index is 2.56. The van der Waals surface area contributed by atoms with Crippen molar-refractivity contribution in [2.24, 2.45) is 5.92 Å². The van der Waals surface area contributed by atoms with Crippen molar-refractivity contribution < 1.29 is 22.7 Å². The molecule has 15 heavy (non-hydrogen) atoms. The summed E-state index contributed by atoms with van der Waals surface area (Å²) in [6.45, 7) is -0.426. The van der Waals surface area contributed by atoms with Crippen LogP contribution in [0.1, 0.15) is 12.8 Å². The summed E-state index contributed by atoms with van der Waals surface area (Å²) in [6.07, 6.45) is 0.306. The first kappa shape index (κ1) is 12.4. The summed E-state index contributed by atoms with van der Waals surface area (Å²) in [4.78, 5) is 10.6. The van der Waals surface area contributed by atoms with Gasteiger partial charge in [0.15, 0.2) is 0 Å². The maximum atomic E-state index is 11.8. The van der Waals surface area contributed by atoms with Crippen LogP contribution in [0.15, 0.2) is 0 Å². The summed E-state index contributed by atoms with van der Waals surface area (Å²) in [5, 5.41) is 8.69. The quantitative estimate of drug-likeness (QED) is 0.737. The topological polar surface area (TPSA) is 74.7 Å². The summed E-state index contributed by atoms with van der Waals surface area (Å²) >= 11 is 0. The molecule has 5 nitrogen and oxygen atoms in total. The first-order valence-corrected chi connectivity index (χ1v) is 6.35. The Hall–Kier alpha value is -0.690. The minimum atomic E-state index is -3.46. The van der Waals surface area contributed by atoms with Gasteiger partial charge in [0, 0.05) is 13.1 Å². The Bertz CT molecular complexity index is 330. The number of carboxylic acids is 1. The van der Waals surface area contributed by atoms with Crippen LogP contribution in [0.3, 0.4) is 0 Å². The van der Waals surface area contributed by atoms with E-state index in [1.54, 1.807) is 0 Å². The van der Waals surface area contributed by atoms with E-state index in [4.69, 9.17) is 5.11 Å². The Morgan fingerprint density at radius 2 is 2.20 bits per heavy atom. The molecule has 0 spiro atoms. The fourth-order valence-electron chi connectivity index (χ4n) is 1.55. The molecule has 0 radical (unpaired) electrons. The Morgan fingerprint density at radius 1 is 1.53 bits per heavy atom. The van der Waals surface area contributed by atoms with Crippen molar-refractivity contribution in [2.45, 2.75) is 12.8 Å². The van der Waals surface area contributed by atoms with Crippen molar-refractivity contribution in [1.29, 1.82) is 0 Å². The molecule has 1 aliphatic rings. The van der Waals surface area contributed by atoms with Crippen LogP contribution in [0.5, 0.6) is 0 Å². The maximum absolute atomic E-state index is 11.8. The smallest absolute Gasteiger partial charge is 0.307 e. The standard InChI is InChI=1S/C8H14FNO4S/c9-3-1-5-15(13,14)10-4-2-7(6-10)8(11)12/h7H,1-6H2,(H,11,12). The summed E-state index contributed by atoms with van der Waals surface area (Å²) < 4.78 is 36.0. The van der Waals surface area contributed by atoms with Crippen molar-refractivity contribution in [3.63, 3.8) is 0 Å². The van der Waals surface area contributed by atoms with Crippen molar-refractivity contribution in [3.8, 4) is 0 Å². The molecule has 7 heteroatoms. The summed E-state index contributed by atoms with van der Waals surface area (Å²) in [7, 11) is -3.46. The number of alkyl halides is 1. The van der Waals surface area contributed by atoms with E-state index in [9.17, 15) is 17.6 Å². The third kappa shape index (κ3) is 3.13. The van der Waals surface area contributed by atoms with Gasteiger partial charge in [0.1, 0.15) is 0 Å². The number of hydrogen-bond donors (Lipinski definition) is 1. The lowest BCUT2D eigenvalue weighted by Crippen LogP contribution is -2.32. The molecule has 0 aromatic heterocycles. The molecule has 0 aliphatic carbocycles. The van der Waals surface area contributed by atoms with Crippen LogP contribution < -0.4 is 0 Å². The number of carboxylic acid groups (broad SMARTS) is 1. The van der Waals surface area contributed by atoms with Gasteiger partial charge in [0.25, 0.3) is 0 Å². The zero-order valence-corrected chi connectivity index (χ0v) is 9.04. The van der Waals surface area contributed by atoms with Crippen LogP contribution in [0.2, 0.25) is 0 Å². The van der Waals surface area contributed by atoms with Gasteiger partial charge < -0.3 is 5.11 Å². The fraction of sp³-hybridized carbons (Fsp3) is 0.875. The van der Waals surface area contributed by atoms with E-state index in [-0.39, 0.29) is 25.3 Å². The third-order valence-electron chi connectivity index (χ3n) is 2.43. The Labute approximate surface area is 87.9 Å². The second kappa shape index (κ2) is 4.89. The number of halogens is 1. The van der Waals surface area contributed by atoms with Gasteiger partial charge >= 0.3 is 5.97 Å². The predicted octanol–water partition coefficient (Wildman–Crippen LogP) is 0.0823. The lowest BCUT2D eigenvalue weighted by Gasteiger charge is -2.14. The molecule has 1 N–H and O–H groups in total. The molecule has 88 valence electrons. The number of hydrogen-bond acceptors (Lipinski definition) is 3. The Morgan fingerprint density at radius 3 is 2.67 bits per heavy atom. The molecule has 0 bridgehead atoms. The lowest BCUT2D eigenvalue weighted by atomic mass is 10.1. The van der Waals surface area contributed by atoms with E-state index in [2.05, 4.69) is 0 Å². The van der Waals surface area contributed by atoms with Crippen molar-refractivity contribution in [1.82, 2.24) is 4.31 Å². The molecule has 0 amide bonds. The van der Waals surface area contributed by atoms with E-state index in [1.807, 2.05) is 0 Å². The van der Waals surface area contributed by atoms with Gasteiger partial charge in [0.2, 0.25) is 10.0 Å². The van der Waals surface area contributed by atoms with Gasteiger partial charge in [-0.05, 0) is 12.8 Å². The molecule has 0 aromatic rings. The number of aliphatic carboxylic acids is 1. The van der Waals surface area contributed by atoms with Crippen LogP contribution >= 0.6 is 0 Å². The normalized spacial score (nSPS) is 23.1. The van der Waals surface area contributed by atoms with Crippen LogP contribution in [0.4, 0.5) is 4.39 Å². The summed E-state index contributed by atoms with van der Waals surface area (Å²) in [6, 6.07) is 0. The van der Waals surface area contributed by atoms with Crippen molar-refractivity contribution >= 4 is 16.0 Å². The number of sulfonamides is 1. The van der Waals surface area contributed by atoms with E-state index in [1.165, 1.54) is 0 Å². The average Bonchev–Trinajstić information content (AvgIpc) is 2.64. The zero-order valence-electron chi connectivity index (χ0n) is 8.23. The largest absolute Gasteiger partial charge is 0.481 e. The molecule has 1 rings (SSSR count). The predicted molar refractivity (Wildman–Crippen MR) is 51.7 cm³/mol. The molecule has 0 aromatic carbocycles. The van der Waals surface area contributed by atoms with Gasteiger partial charge in [-0.25, -0.2) is 12.7 Å². The first-order chi connectivity index (χ1) is 6.97. The van der Waals surface area contributed by atoms with Gasteiger partial charge in [0.05, 0.1) is 18.3 Å². The monoisotopic (exact) mass is 239 g/mol. The van der Waals surface area contributed by atoms with Gasteiger partial charge in [-0.1, -0.05) is 0 Å². The van der Waals surface area contributed by atoms with Crippen molar-refractivity contribution in [3.05, 3.63) is 0 Å². The van der Waals surface area contributed by atoms with E-state index in [0.717, 1.165) is 4.31 Å². The highest BCUT2D eigenvalue weighted by molar-refractivity contribution is 7.89.